The number of hydrogen-bond donors (Lipinski definition) is 0. The van der Waals surface area contributed by atoms with E-state index in [1.807, 2.05) is 36.1 Å². The quantitative estimate of drug-likeness (QED) is 0.353. The lowest BCUT2D eigenvalue weighted by atomic mass is 9.66. The molecule has 3 amide bonds. The third-order valence-corrected chi connectivity index (χ3v) is 11.1. The first-order chi connectivity index (χ1) is 22.7. The monoisotopic (exact) mass is 651 g/mol. The molecule has 0 spiro atoms. The van der Waals surface area contributed by atoms with Crippen molar-refractivity contribution in [3.05, 3.63) is 35.5 Å². The Kier molecular flexibility index (Phi) is 9.82. The van der Waals surface area contributed by atoms with Crippen molar-refractivity contribution in [3.63, 3.8) is 0 Å². The maximum atomic E-state index is 14.5. The molecule has 3 heterocycles. The predicted molar refractivity (Wildman–Crippen MR) is 172 cm³/mol. The number of piperazine rings is 1. The van der Waals surface area contributed by atoms with E-state index in [0.717, 1.165) is 44.1 Å². The molecule has 6 rings (SSSR count). The van der Waals surface area contributed by atoms with Crippen molar-refractivity contribution in [1.82, 2.24) is 14.7 Å². The van der Waals surface area contributed by atoms with Crippen LogP contribution in [0.1, 0.15) is 63.9 Å². The number of ether oxygens (including phenoxy) is 4. The summed E-state index contributed by atoms with van der Waals surface area (Å²) in [5.41, 5.74) is 0.362. The molecule has 0 unspecified atom stereocenters. The predicted octanol–water partition coefficient (Wildman–Crippen LogP) is 3.59. The number of carbonyl (C=O) groups is 4. The smallest absolute Gasteiger partial charge is 0.320 e. The van der Waals surface area contributed by atoms with Crippen LogP contribution in [0.4, 0.5) is 0 Å². The lowest BCUT2D eigenvalue weighted by Crippen LogP contribution is -2.61. The van der Waals surface area contributed by atoms with Crippen LogP contribution in [-0.2, 0) is 35.1 Å². The SMILES string of the molecule is COC(=O)[C@]12C[C@H](CC(=O)N3CCN(C(=O)C4CC4)CC3)C(=O)N(CCc3ccc(OC)c(OC)c3)C1=C[C@H](C1CCCC1)O[C@@H]2C. The number of carbonyl (C=O) groups excluding carboxylic acids is 4. The molecule has 1 aromatic carbocycles. The Hall–Kier alpha value is -3.60. The summed E-state index contributed by atoms with van der Waals surface area (Å²) in [6.45, 7) is 4.11. The number of fused-ring (bicyclic) bond motifs is 1. The highest BCUT2D eigenvalue weighted by atomic mass is 16.5. The lowest BCUT2D eigenvalue weighted by Gasteiger charge is -2.52. The molecule has 3 aliphatic heterocycles. The van der Waals surface area contributed by atoms with E-state index >= 15 is 0 Å². The van der Waals surface area contributed by atoms with Crippen LogP contribution in [0.15, 0.2) is 30.0 Å². The molecule has 11 heteroatoms. The number of benzene rings is 1. The van der Waals surface area contributed by atoms with Crippen LogP contribution in [0, 0.1) is 23.2 Å². The molecule has 0 bridgehead atoms. The van der Waals surface area contributed by atoms with Crippen LogP contribution in [0.3, 0.4) is 0 Å². The van der Waals surface area contributed by atoms with Crippen LogP contribution in [-0.4, -0.2) is 105 Å². The highest BCUT2D eigenvalue weighted by Gasteiger charge is 2.60. The Morgan fingerprint density at radius 3 is 2.26 bits per heavy atom. The van der Waals surface area contributed by atoms with Gasteiger partial charge in [0, 0.05) is 56.7 Å². The second-order valence-corrected chi connectivity index (χ2v) is 13.8. The van der Waals surface area contributed by atoms with Crippen molar-refractivity contribution in [1.29, 1.82) is 0 Å². The fourth-order valence-electron chi connectivity index (χ4n) is 8.16. The molecule has 0 N–H and O–H groups in total. The van der Waals surface area contributed by atoms with Gasteiger partial charge in [-0.25, -0.2) is 0 Å². The van der Waals surface area contributed by atoms with Gasteiger partial charge in [0.25, 0.3) is 0 Å². The maximum absolute atomic E-state index is 14.5. The number of hydrogen-bond acceptors (Lipinski definition) is 8. The van der Waals surface area contributed by atoms with Gasteiger partial charge < -0.3 is 33.6 Å². The molecule has 11 nitrogen and oxygen atoms in total. The number of likely N-dealkylation sites (tertiary alicyclic amines) is 1. The van der Waals surface area contributed by atoms with Gasteiger partial charge in [0.1, 0.15) is 5.41 Å². The van der Waals surface area contributed by atoms with Crippen molar-refractivity contribution >= 4 is 23.7 Å². The molecular weight excluding hydrogens is 602 g/mol. The summed E-state index contributed by atoms with van der Waals surface area (Å²) >= 11 is 0. The van der Waals surface area contributed by atoms with Gasteiger partial charge in [-0.2, -0.15) is 0 Å². The second kappa shape index (κ2) is 13.9. The summed E-state index contributed by atoms with van der Waals surface area (Å²) in [5, 5.41) is 0. The van der Waals surface area contributed by atoms with Gasteiger partial charge in [0.05, 0.1) is 33.5 Å². The molecule has 0 aromatic heterocycles. The number of piperidine rings is 1. The molecule has 47 heavy (non-hydrogen) atoms. The van der Waals surface area contributed by atoms with Crippen molar-refractivity contribution in [3.8, 4) is 11.5 Å². The van der Waals surface area contributed by atoms with E-state index in [9.17, 15) is 19.2 Å². The molecular formula is C36H49N3O8. The minimum atomic E-state index is -1.23. The zero-order chi connectivity index (χ0) is 33.3. The van der Waals surface area contributed by atoms with Gasteiger partial charge in [0.2, 0.25) is 17.7 Å². The second-order valence-electron chi connectivity index (χ2n) is 13.8. The van der Waals surface area contributed by atoms with Crippen LogP contribution in [0.25, 0.3) is 0 Å². The van der Waals surface area contributed by atoms with E-state index in [1.54, 1.807) is 24.0 Å². The summed E-state index contributed by atoms with van der Waals surface area (Å²) in [4.78, 5) is 60.0. The third-order valence-electron chi connectivity index (χ3n) is 11.1. The summed E-state index contributed by atoms with van der Waals surface area (Å²) in [5.74, 6) is 0.395. The van der Waals surface area contributed by atoms with Crippen LogP contribution in [0.2, 0.25) is 0 Å². The number of nitrogens with zero attached hydrogens (tertiary/aromatic N) is 3. The first-order valence-electron chi connectivity index (χ1n) is 17.2. The topological polar surface area (TPSA) is 115 Å². The van der Waals surface area contributed by atoms with E-state index in [1.165, 1.54) is 7.11 Å². The van der Waals surface area contributed by atoms with Crippen molar-refractivity contribution in [2.75, 3.05) is 54.1 Å². The van der Waals surface area contributed by atoms with Gasteiger partial charge in [-0.1, -0.05) is 18.9 Å². The van der Waals surface area contributed by atoms with Gasteiger partial charge >= 0.3 is 5.97 Å². The van der Waals surface area contributed by atoms with E-state index in [-0.39, 0.29) is 42.6 Å². The normalized spacial score (nSPS) is 28.1. The molecule has 1 aromatic rings. The Labute approximate surface area is 277 Å². The van der Waals surface area contributed by atoms with Gasteiger partial charge in [0.15, 0.2) is 11.5 Å². The van der Waals surface area contributed by atoms with Crippen LogP contribution < -0.4 is 9.47 Å². The van der Waals surface area contributed by atoms with E-state index in [0.29, 0.717) is 62.3 Å². The van der Waals surface area contributed by atoms with E-state index in [4.69, 9.17) is 18.9 Å². The van der Waals surface area contributed by atoms with Crippen LogP contribution >= 0.6 is 0 Å². The fraction of sp³-hybridized carbons (Fsp3) is 0.667. The van der Waals surface area contributed by atoms with Crippen LogP contribution in [0.5, 0.6) is 11.5 Å². The Morgan fingerprint density at radius 2 is 1.62 bits per heavy atom. The summed E-state index contributed by atoms with van der Waals surface area (Å²) in [6.07, 6.45) is 8.14. The fourth-order valence-corrected chi connectivity index (χ4v) is 8.16. The zero-order valence-corrected chi connectivity index (χ0v) is 28.2. The Morgan fingerprint density at radius 1 is 0.936 bits per heavy atom. The molecule has 5 aliphatic rings. The molecule has 4 fully saturated rings. The van der Waals surface area contributed by atoms with Gasteiger partial charge in [-0.15, -0.1) is 0 Å². The van der Waals surface area contributed by atoms with E-state index < -0.39 is 23.4 Å². The molecule has 2 saturated heterocycles. The Bertz CT molecular complexity index is 1390. The first-order valence-corrected chi connectivity index (χ1v) is 17.2. The number of amides is 3. The molecule has 2 saturated carbocycles. The summed E-state index contributed by atoms with van der Waals surface area (Å²) in [7, 11) is 4.55. The van der Waals surface area contributed by atoms with Gasteiger partial charge in [-0.3, -0.25) is 19.2 Å². The van der Waals surface area contributed by atoms with Crippen molar-refractivity contribution in [2.45, 2.75) is 76.9 Å². The standard InChI is InChI=1S/C36H49N3O8/c1-23-36(35(43)46-4)22-27(20-32(40)37-15-17-38(18-16-37)33(41)26-10-11-26)34(42)39(31(36)21-29(47-23)25-7-5-6-8-25)14-13-24-9-12-28(44-2)30(19-24)45-3/h9,12,19,21,23,25-27,29H,5-8,10-11,13-18,20,22H2,1-4H3/t23-,27+,29-,36+/m1/s1. The highest BCUT2D eigenvalue weighted by Crippen LogP contribution is 2.52. The van der Waals surface area contributed by atoms with Crippen molar-refractivity contribution in [2.24, 2.45) is 23.2 Å². The van der Waals surface area contributed by atoms with Crippen molar-refractivity contribution < 1.29 is 38.1 Å². The summed E-state index contributed by atoms with van der Waals surface area (Å²) < 4.78 is 23.0. The lowest BCUT2D eigenvalue weighted by molar-refractivity contribution is -0.178. The number of rotatable bonds is 10. The zero-order valence-electron chi connectivity index (χ0n) is 28.2. The van der Waals surface area contributed by atoms with Gasteiger partial charge in [-0.05, 0) is 75.1 Å². The molecule has 4 atom stereocenters. The summed E-state index contributed by atoms with van der Waals surface area (Å²) in [6, 6.07) is 5.69. The number of esters is 1. The Balaban J connectivity index is 1.28. The largest absolute Gasteiger partial charge is 0.493 e. The minimum Gasteiger partial charge on any atom is -0.493 e. The molecule has 0 radical (unpaired) electrons. The first kappa shape index (κ1) is 33.3. The van der Waals surface area contributed by atoms with E-state index in [2.05, 4.69) is 0 Å². The molecule has 256 valence electrons. The third kappa shape index (κ3) is 6.47. The maximum Gasteiger partial charge on any atom is 0.320 e. The number of methoxy groups -OCH3 is 3. The highest BCUT2D eigenvalue weighted by molar-refractivity contribution is 5.93. The average Bonchev–Trinajstić information content (AvgIpc) is 3.80. The minimum absolute atomic E-state index is 0.0208. The molecule has 2 aliphatic carbocycles. The average molecular weight is 652 g/mol.